The third kappa shape index (κ3) is 25.1. The predicted octanol–water partition coefficient (Wildman–Crippen LogP) is 22.0. The Kier molecular flexibility index (Phi) is 29.1. The summed E-state index contributed by atoms with van der Waals surface area (Å²) < 4.78 is 11.8. The molecule has 1 saturated heterocycles. The van der Waals surface area contributed by atoms with Crippen LogP contribution < -0.4 is 56.1 Å². The first-order valence-electron chi connectivity index (χ1n) is 39.3. The van der Waals surface area contributed by atoms with Crippen LogP contribution in [-0.4, -0.2) is 129 Å². The van der Waals surface area contributed by atoms with Crippen LogP contribution in [0.2, 0.25) is 0 Å². The second-order valence-electron chi connectivity index (χ2n) is 28.5. The zero-order valence-electron chi connectivity index (χ0n) is 69.6. The molecule has 0 unspecified atom stereocenters. The molecular weight excluding hydrogens is 1630 g/mol. The number of hydrogen-bond donors (Lipinski definition) is 6. The molecule has 0 saturated carbocycles. The lowest BCUT2D eigenvalue weighted by atomic mass is 10.1. The van der Waals surface area contributed by atoms with Crippen LogP contribution in [0.3, 0.4) is 0 Å². The first-order valence-corrected chi connectivity index (χ1v) is 43.4. The van der Waals surface area contributed by atoms with E-state index in [0.29, 0.717) is 35.5 Å². The Morgan fingerprint density at radius 2 is 0.715 bits per heavy atom. The number of ether oxygens (including phenoxy) is 2. The molecule has 18 rings (SSSR count). The lowest BCUT2D eigenvalue weighted by Crippen LogP contribution is -2.43. The number of anilines is 13. The maximum absolute atomic E-state index is 5.97. The Labute approximate surface area is 734 Å². The van der Waals surface area contributed by atoms with Gasteiger partial charge in [0.25, 0.3) is 0 Å². The van der Waals surface area contributed by atoms with Crippen LogP contribution in [0.1, 0.15) is 36.9 Å². The van der Waals surface area contributed by atoms with Crippen LogP contribution in [0.5, 0.6) is 23.0 Å². The van der Waals surface area contributed by atoms with Crippen molar-refractivity contribution in [1.82, 2.24) is 80.1 Å². The summed E-state index contributed by atoms with van der Waals surface area (Å²) in [4.78, 5) is 76.5. The van der Waals surface area contributed by atoms with Gasteiger partial charge >= 0.3 is 0 Å². The van der Waals surface area contributed by atoms with Crippen LogP contribution >= 0.6 is 56.7 Å². The topological polar surface area (TPSA) is 294 Å². The van der Waals surface area contributed by atoms with Crippen molar-refractivity contribution in [3.05, 3.63) is 299 Å². The predicted molar refractivity (Wildman–Crippen MR) is 504 cm³/mol. The number of benzene rings is 7. The molecule has 17 aromatic rings. The van der Waals surface area contributed by atoms with Gasteiger partial charge in [-0.05, 0) is 198 Å². The molecule has 1 aliphatic heterocycles. The molecule has 26 nitrogen and oxygen atoms in total. The summed E-state index contributed by atoms with van der Waals surface area (Å²) >= 11 is 8.14. The number of para-hydroxylation sites is 4. The van der Waals surface area contributed by atoms with E-state index in [1.807, 2.05) is 237 Å². The number of nitrogens with zero attached hydrogens (tertiary/aromatic N) is 18. The van der Waals surface area contributed by atoms with Gasteiger partial charge in [0.2, 0.25) is 29.7 Å². The highest BCUT2D eigenvalue weighted by Crippen LogP contribution is 2.36. The van der Waals surface area contributed by atoms with Crippen LogP contribution in [0.25, 0.3) is 53.5 Å². The lowest BCUT2D eigenvalue weighted by molar-refractivity contribution is 0.483. The number of nitrogens with one attached hydrogen (secondary N) is 6. The molecule has 7 aromatic carbocycles. The molecule has 0 amide bonds. The largest absolute Gasteiger partial charge is 0.457 e. The second kappa shape index (κ2) is 41.8. The van der Waals surface area contributed by atoms with E-state index in [9.17, 15) is 0 Å². The average Bonchev–Trinajstić information content (AvgIpc) is 1.74. The van der Waals surface area contributed by atoms with Crippen molar-refractivity contribution in [2.24, 2.45) is 0 Å². The van der Waals surface area contributed by atoms with E-state index in [0.717, 1.165) is 146 Å². The number of piperazine rings is 1. The Morgan fingerprint density at radius 3 is 1.15 bits per heavy atom. The normalized spacial score (nSPS) is 11.4. The third-order valence-electron chi connectivity index (χ3n) is 17.9. The monoisotopic (exact) mass is 1720 g/mol. The summed E-state index contributed by atoms with van der Waals surface area (Å²) in [6, 6.07) is 64.9. The summed E-state index contributed by atoms with van der Waals surface area (Å²) in [6.07, 6.45) is 18.1. The number of rotatable bonds is 22. The highest BCUT2D eigenvalue weighted by molar-refractivity contribution is 7.19. The van der Waals surface area contributed by atoms with E-state index in [1.54, 1.807) is 87.7 Å². The molecule has 0 bridgehead atoms. The standard InChI is InChI=1S/2C20H16N4OS.C19H22N6S.C17H19N5S.C16H17N5S/c1-14-13-22-19(26-14)18-10-11-21-20(24-18)23-15-6-5-9-17(12-15)25-16-7-3-2-4-8-16;1-14-13-22-19(26-14)17-11-12-21-20(24-17)23-16-9-5-6-10-18(16)25-15-7-3-2-4-8-15;1-13-9-14(2)11-15(10-13)23-19-21-4-3-16(24-19)18-22-12-17(26-18)25-7-5-20-6-8-25;1-11-7-12(2)9-13(8-11)20-17-18-6-5-14(21-17)16-19-10-15(23-16)22(3)4;1-11-10-18-15(22-11)14-8-9-17-16(20-14)19-12-4-6-13(7-5-12)21(2)3/h2*2-13H,1H3,(H,21,23,24);3-4,9-12,20H,5-8H2,1-2H3,(H,21,23,24);5-10H,1-4H3,(H,18,20,21);4-10H,1-3H3,(H,17,19,20). The fraction of sp³-hybridized carbons (Fsp3) is 0.163. The van der Waals surface area contributed by atoms with Gasteiger partial charge in [-0.25, -0.2) is 74.8 Å². The van der Waals surface area contributed by atoms with Gasteiger partial charge < -0.3 is 56.1 Å². The van der Waals surface area contributed by atoms with Crippen LogP contribution in [0, 0.1) is 48.5 Å². The SMILES string of the molecule is Cc1cc(C)cc(Nc2nccc(-c3ncc(N(C)C)s3)n2)c1.Cc1cc(C)cc(Nc2nccc(-c3ncc(N4CCNCC4)s3)n2)c1.Cc1cnc(-c2ccnc(Nc3ccc(N(C)C)cc3)n2)s1.Cc1cnc(-c2ccnc(Nc3cccc(Oc4ccccc4)c3)n2)s1.Cc1cnc(-c2ccnc(Nc3ccccc3Oc3ccccc3)n2)s1. The summed E-state index contributed by atoms with van der Waals surface area (Å²) in [7, 11) is 8.05. The Morgan fingerprint density at radius 1 is 0.325 bits per heavy atom. The van der Waals surface area contributed by atoms with Crippen LogP contribution in [0.15, 0.2) is 262 Å². The van der Waals surface area contributed by atoms with Crippen LogP contribution in [0.4, 0.5) is 73.9 Å². The molecule has 1 fully saturated rings. The van der Waals surface area contributed by atoms with Gasteiger partial charge in [0.1, 0.15) is 80.8 Å². The van der Waals surface area contributed by atoms with Crippen LogP contribution in [-0.2, 0) is 0 Å². The maximum atomic E-state index is 5.97. The van der Waals surface area contributed by atoms with E-state index in [1.165, 1.54) is 32.1 Å². The average molecular weight is 1720 g/mol. The van der Waals surface area contributed by atoms with Crippen molar-refractivity contribution in [2.45, 2.75) is 48.5 Å². The second-order valence-corrected chi connectivity index (χ2v) is 34.2. The van der Waals surface area contributed by atoms with Crippen molar-refractivity contribution in [2.75, 3.05) is 95.7 Å². The highest BCUT2D eigenvalue weighted by atomic mass is 32.1. The molecule has 620 valence electrons. The van der Waals surface area contributed by atoms with Crippen molar-refractivity contribution < 1.29 is 9.47 Å². The smallest absolute Gasteiger partial charge is 0.227 e. The van der Waals surface area contributed by atoms with E-state index in [-0.39, 0.29) is 0 Å². The molecule has 0 aliphatic carbocycles. The number of aryl methyl sites for hydroxylation is 7. The quantitative estimate of drug-likeness (QED) is 0.0367. The van der Waals surface area contributed by atoms with Crippen molar-refractivity contribution in [1.29, 1.82) is 0 Å². The molecule has 123 heavy (non-hydrogen) atoms. The van der Waals surface area contributed by atoms with Gasteiger partial charge in [-0.3, -0.25) is 0 Å². The summed E-state index contributed by atoms with van der Waals surface area (Å²) in [5.74, 6) is 5.78. The molecule has 11 heterocycles. The summed E-state index contributed by atoms with van der Waals surface area (Å²) in [6.45, 7) is 18.5. The Balaban J connectivity index is 0.000000126. The molecule has 31 heteroatoms. The molecule has 1 aliphatic rings. The van der Waals surface area contributed by atoms with Gasteiger partial charge in [0.05, 0.1) is 18.1 Å². The van der Waals surface area contributed by atoms with E-state index in [2.05, 4.69) is 193 Å². The van der Waals surface area contributed by atoms with E-state index in [4.69, 9.17) is 9.47 Å². The van der Waals surface area contributed by atoms with Crippen molar-refractivity contribution in [3.8, 4) is 76.5 Å². The Bertz CT molecular complexity index is 6240. The zero-order valence-corrected chi connectivity index (χ0v) is 73.6. The number of aromatic nitrogens is 15. The summed E-state index contributed by atoms with van der Waals surface area (Å²) in [5, 5.41) is 26.4. The van der Waals surface area contributed by atoms with Crippen molar-refractivity contribution >= 4 is 131 Å². The number of hydrogen-bond acceptors (Lipinski definition) is 31. The van der Waals surface area contributed by atoms with Crippen molar-refractivity contribution in [3.63, 3.8) is 0 Å². The lowest BCUT2D eigenvalue weighted by Gasteiger charge is -2.27. The van der Waals surface area contributed by atoms with Gasteiger partial charge in [-0.15, -0.1) is 34.0 Å². The molecule has 0 spiro atoms. The minimum atomic E-state index is 0.500. The third-order valence-corrected chi connectivity index (χ3v) is 22.9. The first kappa shape index (κ1) is 85.5. The number of thiazole rings is 5. The molecule has 0 radical (unpaired) electrons. The minimum Gasteiger partial charge on any atom is -0.457 e. The highest BCUT2D eigenvalue weighted by Gasteiger charge is 2.18. The Hall–Kier alpha value is -14.0. The fourth-order valence-electron chi connectivity index (χ4n) is 12.2. The van der Waals surface area contributed by atoms with Gasteiger partial charge in [0.15, 0.2) is 5.75 Å². The van der Waals surface area contributed by atoms with E-state index >= 15 is 0 Å². The molecular formula is C92H90N24O2S5. The maximum Gasteiger partial charge on any atom is 0.227 e. The molecule has 6 N–H and O–H groups in total. The molecule has 10 aromatic heterocycles. The molecule has 0 atom stereocenters. The minimum absolute atomic E-state index is 0.500. The summed E-state index contributed by atoms with van der Waals surface area (Å²) in [5.41, 5.74) is 14.7. The van der Waals surface area contributed by atoms with Gasteiger partial charge in [-0.2, -0.15) is 0 Å². The zero-order chi connectivity index (χ0) is 85.4. The van der Waals surface area contributed by atoms with Gasteiger partial charge in [0, 0.05) is 153 Å². The fourth-order valence-corrected chi connectivity index (χ4v) is 16.2. The van der Waals surface area contributed by atoms with E-state index < -0.39 is 0 Å². The van der Waals surface area contributed by atoms with Gasteiger partial charge in [-0.1, -0.05) is 89.4 Å². The first-order chi connectivity index (χ1) is 59.8.